The quantitative estimate of drug-likeness (QED) is 0.153. The van der Waals surface area contributed by atoms with E-state index in [1.54, 1.807) is 6.07 Å². The largest absolute Gasteiger partial charge is 0.393 e. The Labute approximate surface area is 315 Å². The van der Waals surface area contributed by atoms with Crippen LogP contribution >= 0.6 is 0 Å². The van der Waals surface area contributed by atoms with E-state index in [1.807, 2.05) is 32.0 Å². The molecule has 1 aromatic carbocycles. The summed E-state index contributed by atoms with van der Waals surface area (Å²) in [6.07, 6.45) is 11.5. The van der Waals surface area contributed by atoms with E-state index in [-0.39, 0.29) is 57.3 Å². The lowest BCUT2D eigenvalue weighted by Gasteiger charge is -2.72. The minimum atomic E-state index is -0.923. The number of carbonyl (C=O) groups is 3. The standard InChI is InChI=1S/C45H72N2O5/c1-10-20-45(40(52)46-25-18-31-12-11-13-32(28-31)39(51)47-34(27-29(2)3)35(49)19-26-48)24-23-43(8)33(30(45)4)14-15-37-42(7)21-17-38(50)41(5,6)36(42)16-22-44(37,43)9/h11-13,26,28-30,33-38,49-50H,10,14-25,27H2,1-9H3,(H,46,52)(H,47,51)/t30?,33?,34?,35-,36?,37?,38?,42?,43+,44?,45?/m0/s1. The second-order valence-corrected chi connectivity index (χ2v) is 19.6. The van der Waals surface area contributed by atoms with Crippen LogP contribution in [0, 0.1) is 56.7 Å². The molecule has 0 bridgehead atoms. The molecule has 4 fully saturated rings. The van der Waals surface area contributed by atoms with Crippen molar-refractivity contribution < 1.29 is 24.6 Å². The molecule has 0 aliphatic heterocycles. The number of rotatable bonds is 13. The number of aliphatic hydroxyl groups excluding tert-OH is 2. The molecule has 4 aliphatic carbocycles. The number of aliphatic hydroxyl groups is 2. The Kier molecular flexibility index (Phi) is 12.2. The van der Waals surface area contributed by atoms with Gasteiger partial charge in [-0.3, -0.25) is 9.59 Å². The van der Waals surface area contributed by atoms with E-state index in [9.17, 15) is 24.6 Å². The van der Waals surface area contributed by atoms with Crippen molar-refractivity contribution in [2.24, 2.45) is 56.7 Å². The van der Waals surface area contributed by atoms with E-state index in [1.165, 1.54) is 25.7 Å². The molecule has 4 N–H and O–H groups in total. The summed E-state index contributed by atoms with van der Waals surface area (Å²) in [5.41, 5.74) is 1.71. The Balaban J connectivity index is 1.27. The predicted octanol–water partition coefficient (Wildman–Crippen LogP) is 8.29. The number of nitrogens with one attached hydrogen (secondary N) is 2. The number of amides is 2. The molecular formula is C45H72N2O5. The van der Waals surface area contributed by atoms with Crippen LogP contribution in [-0.2, 0) is 16.0 Å². The van der Waals surface area contributed by atoms with Gasteiger partial charge < -0.3 is 25.6 Å². The lowest BCUT2D eigenvalue weighted by Crippen LogP contribution is -2.67. The first-order valence-electron chi connectivity index (χ1n) is 20.9. The molecule has 52 heavy (non-hydrogen) atoms. The van der Waals surface area contributed by atoms with Crippen molar-refractivity contribution in [2.45, 2.75) is 164 Å². The van der Waals surface area contributed by atoms with Crippen molar-refractivity contribution in [3.63, 3.8) is 0 Å². The zero-order valence-electron chi connectivity index (χ0n) is 34.0. The molecule has 7 nitrogen and oxygen atoms in total. The summed E-state index contributed by atoms with van der Waals surface area (Å²) >= 11 is 0. The van der Waals surface area contributed by atoms with E-state index >= 15 is 0 Å². The smallest absolute Gasteiger partial charge is 0.251 e. The first-order valence-corrected chi connectivity index (χ1v) is 20.9. The topological polar surface area (TPSA) is 116 Å². The van der Waals surface area contributed by atoms with Crippen LogP contribution in [-0.4, -0.2) is 53.1 Å². The maximum atomic E-state index is 14.4. The van der Waals surface area contributed by atoms with Gasteiger partial charge in [-0.1, -0.05) is 80.9 Å². The third kappa shape index (κ3) is 7.04. The van der Waals surface area contributed by atoms with Crippen LogP contribution in [0.25, 0.3) is 0 Å². The fourth-order valence-electron chi connectivity index (χ4n) is 13.3. The molecule has 0 heterocycles. The van der Waals surface area contributed by atoms with Gasteiger partial charge in [0, 0.05) is 18.5 Å². The lowest BCUT2D eigenvalue weighted by molar-refractivity contribution is -0.246. The number of hydrogen-bond donors (Lipinski definition) is 4. The molecule has 2 amide bonds. The van der Waals surface area contributed by atoms with Gasteiger partial charge in [-0.15, -0.1) is 0 Å². The number of carbonyl (C=O) groups excluding carboxylic acids is 3. The van der Waals surface area contributed by atoms with Crippen LogP contribution in [0.3, 0.4) is 0 Å². The fraction of sp³-hybridized carbons (Fsp3) is 0.800. The Hall–Kier alpha value is -2.25. The third-order valence-corrected chi connectivity index (χ3v) is 16.4. The summed E-state index contributed by atoms with van der Waals surface area (Å²) in [5, 5.41) is 27.9. The van der Waals surface area contributed by atoms with Crippen LogP contribution in [0.4, 0.5) is 0 Å². The summed E-state index contributed by atoms with van der Waals surface area (Å²) in [6.45, 7) is 21.6. The number of benzene rings is 1. The average molecular weight is 721 g/mol. The molecule has 0 spiro atoms. The zero-order valence-corrected chi connectivity index (χ0v) is 34.0. The molecule has 0 saturated heterocycles. The van der Waals surface area contributed by atoms with Crippen LogP contribution < -0.4 is 10.6 Å². The Morgan fingerprint density at radius 2 is 1.69 bits per heavy atom. The second-order valence-electron chi connectivity index (χ2n) is 19.6. The number of aldehydes is 1. The van der Waals surface area contributed by atoms with Gasteiger partial charge in [-0.25, -0.2) is 0 Å². The average Bonchev–Trinajstić information content (AvgIpc) is 3.08. The van der Waals surface area contributed by atoms with E-state index in [0.717, 1.165) is 44.1 Å². The highest BCUT2D eigenvalue weighted by molar-refractivity contribution is 5.94. The molecule has 11 atom stereocenters. The monoisotopic (exact) mass is 721 g/mol. The van der Waals surface area contributed by atoms with Crippen LogP contribution in [0.1, 0.15) is 155 Å². The fourth-order valence-corrected chi connectivity index (χ4v) is 13.3. The molecule has 0 aromatic heterocycles. The maximum Gasteiger partial charge on any atom is 0.251 e. The molecule has 4 aliphatic rings. The van der Waals surface area contributed by atoms with E-state index < -0.39 is 12.1 Å². The van der Waals surface area contributed by atoms with Gasteiger partial charge in [0.15, 0.2) is 0 Å². The van der Waals surface area contributed by atoms with Gasteiger partial charge in [0.2, 0.25) is 5.91 Å². The summed E-state index contributed by atoms with van der Waals surface area (Å²) < 4.78 is 0. The van der Waals surface area contributed by atoms with E-state index in [2.05, 4.69) is 59.1 Å². The highest BCUT2D eigenvalue weighted by Gasteiger charge is 2.69. The van der Waals surface area contributed by atoms with Gasteiger partial charge in [0.25, 0.3) is 5.91 Å². The molecule has 9 unspecified atom stereocenters. The number of fused-ring (bicyclic) bond motifs is 5. The highest BCUT2D eigenvalue weighted by atomic mass is 16.3. The van der Waals surface area contributed by atoms with Gasteiger partial charge in [-0.2, -0.15) is 0 Å². The van der Waals surface area contributed by atoms with Crippen molar-refractivity contribution >= 4 is 18.1 Å². The first kappa shape index (κ1) is 40.9. The number of hydrogen-bond acceptors (Lipinski definition) is 5. The summed E-state index contributed by atoms with van der Waals surface area (Å²) in [5.74, 6) is 2.17. The van der Waals surface area contributed by atoms with Crippen molar-refractivity contribution in [3.8, 4) is 0 Å². The Morgan fingerprint density at radius 1 is 0.962 bits per heavy atom. The summed E-state index contributed by atoms with van der Waals surface area (Å²) in [7, 11) is 0. The Morgan fingerprint density at radius 3 is 2.37 bits per heavy atom. The normalized spacial score (nSPS) is 37.9. The minimum Gasteiger partial charge on any atom is -0.393 e. The molecule has 0 radical (unpaired) electrons. The van der Waals surface area contributed by atoms with Gasteiger partial charge >= 0.3 is 0 Å². The van der Waals surface area contributed by atoms with Crippen molar-refractivity contribution in [1.29, 1.82) is 0 Å². The zero-order chi connectivity index (χ0) is 38.3. The van der Waals surface area contributed by atoms with Gasteiger partial charge in [0.1, 0.15) is 6.29 Å². The first-order chi connectivity index (χ1) is 24.4. The predicted molar refractivity (Wildman–Crippen MR) is 209 cm³/mol. The maximum absolute atomic E-state index is 14.4. The van der Waals surface area contributed by atoms with Crippen molar-refractivity contribution in [2.75, 3.05) is 6.54 Å². The molecule has 5 rings (SSSR count). The van der Waals surface area contributed by atoms with Crippen LogP contribution in [0.15, 0.2) is 24.3 Å². The summed E-state index contributed by atoms with van der Waals surface area (Å²) in [4.78, 5) is 38.7. The highest BCUT2D eigenvalue weighted by Crippen LogP contribution is 2.75. The van der Waals surface area contributed by atoms with Gasteiger partial charge in [0.05, 0.1) is 23.7 Å². The minimum absolute atomic E-state index is 0.0144. The van der Waals surface area contributed by atoms with Gasteiger partial charge in [-0.05, 0) is 140 Å². The van der Waals surface area contributed by atoms with Crippen molar-refractivity contribution in [1.82, 2.24) is 10.6 Å². The molecule has 7 heteroatoms. The second kappa shape index (κ2) is 15.5. The molecular weight excluding hydrogens is 649 g/mol. The van der Waals surface area contributed by atoms with E-state index in [4.69, 9.17) is 0 Å². The van der Waals surface area contributed by atoms with Crippen LogP contribution in [0.2, 0.25) is 0 Å². The molecule has 4 saturated carbocycles. The van der Waals surface area contributed by atoms with Crippen LogP contribution in [0.5, 0.6) is 0 Å². The SMILES string of the molecule is CCCC1(C(=O)NCCc2cccc(C(=O)NC(CC(C)C)[C@@H](O)CC=O)c2)CC[C@]2(C)C(CCC3C4(C)CCC(O)C(C)(C)C4CCC32C)C1C. The Bertz CT molecular complexity index is 1440. The summed E-state index contributed by atoms with van der Waals surface area (Å²) in [6, 6.07) is 7.01. The van der Waals surface area contributed by atoms with Crippen molar-refractivity contribution in [3.05, 3.63) is 35.4 Å². The van der Waals surface area contributed by atoms with E-state index in [0.29, 0.717) is 54.9 Å². The molecule has 1 aromatic rings. The lowest BCUT2D eigenvalue weighted by atomic mass is 9.32. The molecule has 292 valence electrons. The third-order valence-electron chi connectivity index (χ3n) is 16.4.